The Morgan fingerprint density at radius 1 is 1.16 bits per heavy atom. The number of fused-ring (bicyclic) bond motifs is 3. The molecule has 1 fully saturated rings. The van der Waals surface area contributed by atoms with E-state index < -0.39 is 5.97 Å². The highest BCUT2D eigenvalue weighted by molar-refractivity contribution is 5.89. The highest BCUT2D eigenvalue weighted by atomic mass is 16.4. The lowest BCUT2D eigenvalue weighted by Gasteiger charge is -2.46. The summed E-state index contributed by atoms with van der Waals surface area (Å²) in [5.41, 5.74) is 3.59. The standard InChI is InChI=1S/C22H20O3/c23-19-10-11-22(14-15-4-2-1-3-5-15)18(13-19)8-6-16-12-17(21(24)25)7-9-20(16)22/h1-9,12,18H,10-11,13-14H2,(H,24,25). The first-order chi connectivity index (χ1) is 12.1. The highest BCUT2D eigenvalue weighted by Gasteiger charge is 2.45. The van der Waals surface area contributed by atoms with E-state index in [1.807, 2.05) is 30.3 Å². The smallest absolute Gasteiger partial charge is 0.335 e. The monoisotopic (exact) mass is 332 g/mol. The third-order valence-corrected chi connectivity index (χ3v) is 5.71. The summed E-state index contributed by atoms with van der Waals surface area (Å²) in [5.74, 6) is -0.407. The number of carbonyl (C=O) groups is 2. The van der Waals surface area contributed by atoms with Crippen LogP contribution in [0.5, 0.6) is 0 Å². The van der Waals surface area contributed by atoms with Crippen LogP contribution in [0.2, 0.25) is 0 Å². The Hall–Kier alpha value is -2.68. The van der Waals surface area contributed by atoms with E-state index in [9.17, 15) is 14.7 Å². The van der Waals surface area contributed by atoms with Gasteiger partial charge in [0.15, 0.2) is 0 Å². The molecule has 0 amide bonds. The Labute approximate surface area is 147 Å². The van der Waals surface area contributed by atoms with Crippen molar-refractivity contribution in [3.8, 4) is 0 Å². The Balaban J connectivity index is 1.84. The first-order valence-electron chi connectivity index (χ1n) is 8.70. The fourth-order valence-electron chi connectivity index (χ4n) is 4.46. The van der Waals surface area contributed by atoms with Crippen molar-refractivity contribution in [3.63, 3.8) is 0 Å². The van der Waals surface area contributed by atoms with Crippen LogP contribution in [0.25, 0.3) is 6.08 Å². The fraction of sp³-hybridized carbons (Fsp3) is 0.273. The van der Waals surface area contributed by atoms with Gasteiger partial charge in [-0.15, -0.1) is 0 Å². The second-order valence-electron chi connectivity index (χ2n) is 7.13. The Morgan fingerprint density at radius 3 is 2.72 bits per heavy atom. The summed E-state index contributed by atoms with van der Waals surface area (Å²) in [6, 6.07) is 15.8. The number of aromatic carboxylic acids is 1. The summed E-state index contributed by atoms with van der Waals surface area (Å²) in [6.07, 6.45) is 6.97. The van der Waals surface area contributed by atoms with Gasteiger partial charge in [-0.1, -0.05) is 48.6 Å². The molecule has 2 unspecified atom stereocenters. The van der Waals surface area contributed by atoms with E-state index in [0.29, 0.717) is 24.2 Å². The first kappa shape index (κ1) is 15.8. The van der Waals surface area contributed by atoms with Gasteiger partial charge in [-0.25, -0.2) is 4.79 Å². The molecule has 0 radical (unpaired) electrons. The number of carbonyl (C=O) groups excluding carboxylic acids is 1. The fourth-order valence-corrected chi connectivity index (χ4v) is 4.46. The molecule has 0 bridgehead atoms. The number of Topliss-reactive ketones (excluding diaryl/α,β-unsaturated/α-hetero) is 1. The Kier molecular flexibility index (Phi) is 3.79. The molecule has 1 saturated carbocycles. The van der Waals surface area contributed by atoms with Crippen molar-refractivity contribution < 1.29 is 14.7 Å². The minimum absolute atomic E-state index is 0.129. The van der Waals surface area contributed by atoms with Gasteiger partial charge in [-0.05, 0) is 47.6 Å². The quantitative estimate of drug-likeness (QED) is 0.913. The summed E-state index contributed by atoms with van der Waals surface area (Å²) < 4.78 is 0. The second-order valence-corrected chi connectivity index (χ2v) is 7.13. The Morgan fingerprint density at radius 2 is 1.96 bits per heavy atom. The van der Waals surface area contributed by atoms with Crippen LogP contribution in [0.3, 0.4) is 0 Å². The number of carboxylic acid groups (broad SMARTS) is 1. The minimum Gasteiger partial charge on any atom is -0.478 e. The molecule has 126 valence electrons. The average molecular weight is 332 g/mol. The van der Waals surface area contributed by atoms with Gasteiger partial charge in [0.05, 0.1) is 5.56 Å². The van der Waals surface area contributed by atoms with Crippen LogP contribution in [0, 0.1) is 5.92 Å². The lowest BCUT2D eigenvalue weighted by Crippen LogP contribution is -2.43. The summed E-state index contributed by atoms with van der Waals surface area (Å²) in [7, 11) is 0. The van der Waals surface area contributed by atoms with Crippen LogP contribution in [-0.2, 0) is 16.6 Å². The lowest BCUT2D eigenvalue weighted by molar-refractivity contribution is -0.122. The third kappa shape index (κ3) is 2.70. The second kappa shape index (κ2) is 5.99. The summed E-state index contributed by atoms with van der Waals surface area (Å²) in [6.45, 7) is 0. The molecule has 0 spiro atoms. The molecular weight excluding hydrogens is 312 g/mol. The molecule has 2 aromatic carbocycles. The number of carboxylic acids is 1. The topological polar surface area (TPSA) is 54.4 Å². The number of ketones is 1. The van der Waals surface area contributed by atoms with E-state index in [1.165, 1.54) is 11.1 Å². The predicted molar refractivity (Wildman–Crippen MR) is 96.6 cm³/mol. The van der Waals surface area contributed by atoms with Gasteiger partial charge in [0, 0.05) is 18.3 Å². The molecule has 0 heterocycles. The van der Waals surface area contributed by atoms with Crippen LogP contribution in [0.4, 0.5) is 0 Å². The molecule has 3 heteroatoms. The molecule has 2 aromatic rings. The molecule has 2 aliphatic rings. The first-order valence-corrected chi connectivity index (χ1v) is 8.70. The molecule has 25 heavy (non-hydrogen) atoms. The summed E-state index contributed by atoms with van der Waals surface area (Å²) >= 11 is 0. The number of hydrogen-bond donors (Lipinski definition) is 1. The maximum absolute atomic E-state index is 12.1. The van der Waals surface area contributed by atoms with E-state index in [1.54, 1.807) is 12.1 Å². The molecule has 0 saturated heterocycles. The van der Waals surface area contributed by atoms with Gasteiger partial charge >= 0.3 is 5.97 Å². The molecule has 0 aliphatic heterocycles. The van der Waals surface area contributed by atoms with E-state index in [4.69, 9.17) is 0 Å². The van der Waals surface area contributed by atoms with Crippen LogP contribution >= 0.6 is 0 Å². The molecular formula is C22H20O3. The van der Waals surface area contributed by atoms with Gasteiger partial charge in [0.25, 0.3) is 0 Å². The van der Waals surface area contributed by atoms with Crippen molar-refractivity contribution in [1.82, 2.24) is 0 Å². The number of rotatable bonds is 3. The molecule has 3 nitrogen and oxygen atoms in total. The van der Waals surface area contributed by atoms with Crippen molar-refractivity contribution in [2.24, 2.45) is 5.92 Å². The minimum atomic E-state index is -0.908. The molecule has 2 aliphatic carbocycles. The van der Waals surface area contributed by atoms with Gasteiger partial charge in [-0.2, -0.15) is 0 Å². The summed E-state index contributed by atoms with van der Waals surface area (Å²) in [5, 5.41) is 9.28. The summed E-state index contributed by atoms with van der Waals surface area (Å²) in [4.78, 5) is 23.4. The SMILES string of the molecule is O=C1CCC2(Cc3ccccc3)c3ccc(C(=O)O)cc3C=CC2C1. The zero-order valence-corrected chi connectivity index (χ0v) is 13.9. The van der Waals surface area contributed by atoms with Gasteiger partial charge in [0.1, 0.15) is 5.78 Å². The van der Waals surface area contributed by atoms with Crippen molar-refractivity contribution in [3.05, 3.63) is 76.9 Å². The van der Waals surface area contributed by atoms with Crippen molar-refractivity contribution in [1.29, 1.82) is 0 Å². The molecule has 0 aromatic heterocycles. The van der Waals surface area contributed by atoms with Gasteiger partial charge in [0.2, 0.25) is 0 Å². The van der Waals surface area contributed by atoms with Crippen LogP contribution in [0.15, 0.2) is 54.6 Å². The molecule has 1 N–H and O–H groups in total. The lowest BCUT2D eigenvalue weighted by atomic mass is 9.57. The third-order valence-electron chi connectivity index (χ3n) is 5.71. The van der Waals surface area contributed by atoms with Gasteiger partial charge < -0.3 is 5.11 Å². The molecule has 4 rings (SSSR count). The van der Waals surface area contributed by atoms with E-state index >= 15 is 0 Å². The molecule has 2 atom stereocenters. The van der Waals surface area contributed by atoms with E-state index in [2.05, 4.69) is 18.2 Å². The Bertz CT molecular complexity index is 866. The zero-order chi connectivity index (χ0) is 17.4. The zero-order valence-electron chi connectivity index (χ0n) is 13.9. The maximum atomic E-state index is 12.1. The number of hydrogen-bond acceptors (Lipinski definition) is 2. The number of allylic oxidation sites excluding steroid dienone is 1. The maximum Gasteiger partial charge on any atom is 0.335 e. The van der Waals surface area contributed by atoms with Crippen LogP contribution in [-0.4, -0.2) is 16.9 Å². The normalized spacial score (nSPS) is 24.5. The number of benzene rings is 2. The van der Waals surface area contributed by atoms with E-state index in [-0.39, 0.29) is 11.3 Å². The van der Waals surface area contributed by atoms with Crippen molar-refractivity contribution in [2.75, 3.05) is 0 Å². The largest absolute Gasteiger partial charge is 0.478 e. The van der Waals surface area contributed by atoms with E-state index in [0.717, 1.165) is 18.4 Å². The highest BCUT2D eigenvalue weighted by Crippen LogP contribution is 2.50. The van der Waals surface area contributed by atoms with Crippen LogP contribution in [0.1, 0.15) is 46.3 Å². The van der Waals surface area contributed by atoms with Crippen molar-refractivity contribution in [2.45, 2.75) is 31.1 Å². The average Bonchev–Trinajstić information content (AvgIpc) is 2.62. The van der Waals surface area contributed by atoms with Crippen molar-refractivity contribution >= 4 is 17.8 Å². The predicted octanol–water partition coefficient (Wildman–Crippen LogP) is 4.26. The van der Waals surface area contributed by atoms with Gasteiger partial charge in [-0.3, -0.25) is 4.79 Å². The van der Waals surface area contributed by atoms with Crippen LogP contribution < -0.4 is 0 Å².